The second-order valence-electron chi connectivity index (χ2n) is 8.94. The van der Waals surface area contributed by atoms with Crippen LogP contribution in [0, 0.1) is 0 Å². The number of hydrogen-bond acceptors (Lipinski definition) is 4. The van der Waals surface area contributed by atoms with Gasteiger partial charge in [0.2, 0.25) is 5.91 Å². The van der Waals surface area contributed by atoms with Gasteiger partial charge in [0.15, 0.2) is 0 Å². The number of anilines is 2. The Morgan fingerprint density at radius 3 is 2.10 bits per heavy atom. The summed E-state index contributed by atoms with van der Waals surface area (Å²) in [6.45, 7) is 0. The van der Waals surface area contributed by atoms with Crippen LogP contribution in [0.1, 0.15) is 31.5 Å². The molecule has 3 N–H and O–H groups in total. The van der Waals surface area contributed by atoms with Crippen LogP contribution in [0.15, 0.2) is 120 Å². The third kappa shape index (κ3) is 6.34. The summed E-state index contributed by atoms with van der Waals surface area (Å²) >= 11 is 7.57. The maximum Gasteiger partial charge on any atom is 0.335 e. The van der Waals surface area contributed by atoms with Crippen molar-refractivity contribution in [1.82, 2.24) is 0 Å². The Labute approximate surface area is 240 Å². The van der Waals surface area contributed by atoms with Gasteiger partial charge in [-0.1, -0.05) is 72.3 Å². The molecule has 198 valence electrons. The first-order valence-corrected chi connectivity index (χ1v) is 13.6. The Bertz CT molecular complexity index is 1710. The van der Waals surface area contributed by atoms with E-state index >= 15 is 0 Å². The Morgan fingerprint density at radius 1 is 0.700 bits per heavy atom. The molecule has 8 heteroatoms. The Morgan fingerprint density at radius 2 is 1.38 bits per heavy atom. The predicted octanol–water partition coefficient (Wildman–Crippen LogP) is 7.92. The molecule has 1 unspecified atom stereocenters. The van der Waals surface area contributed by atoms with Crippen LogP contribution in [0.4, 0.5) is 11.4 Å². The fourth-order valence-corrected chi connectivity index (χ4v) is 5.33. The van der Waals surface area contributed by atoms with Crippen LogP contribution in [-0.2, 0) is 4.79 Å². The van der Waals surface area contributed by atoms with Crippen molar-refractivity contribution >= 4 is 63.3 Å². The predicted molar refractivity (Wildman–Crippen MR) is 160 cm³/mol. The summed E-state index contributed by atoms with van der Waals surface area (Å²) in [6, 6.07) is 34.1. The van der Waals surface area contributed by atoms with Gasteiger partial charge in [0.25, 0.3) is 5.91 Å². The lowest BCUT2D eigenvalue weighted by molar-refractivity contribution is -0.115. The Balaban J connectivity index is 1.32. The molecule has 0 saturated heterocycles. The molecule has 0 saturated carbocycles. The van der Waals surface area contributed by atoms with Gasteiger partial charge in [-0.25, -0.2) is 4.79 Å². The van der Waals surface area contributed by atoms with Gasteiger partial charge in [-0.2, -0.15) is 0 Å². The van der Waals surface area contributed by atoms with Gasteiger partial charge in [-0.05, 0) is 70.9 Å². The van der Waals surface area contributed by atoms with Crippen LogP contribution < -0.4 is 10.6 Å². The van der Waals surface area contributed by atoms with E-state index < -0.39 is 11.2 Å². The SMILES string of the molecule is O=C(O)c1ccc(Cl)c(NC(=O)C(Sc2ccc(NC(=O)c3ccc4ccccc4c3)cc2)c2ccccc2)c1. The standard InChI is InChI=1S/C32H23ClN2O4S/c33-27-17-12-24(32(38)39)19-28(27)35-31(37)29(21-7-2-1-3-8-21)40-26-15-13-25(14-16-26)34-30(36)23-11-10-20-6-4-5-9-22(20)18-23/h1-19,29H,(H,34,36)(H,35,37)(H,38,39). The maximum atomic E-state index is 13.4. The van der Waals surface area contributed by atoms with E-state index in [1.54, 1.807) is 18.2 Å². The van der Waals surface area contributed by atoms with E-state index in [0.29, 0.717) is 11.3 Å². The molecule has 6 nitrogen and oxygen atoms in total. The molecule has 0 spiro atoms. The Kier molecular flexibility index (Phi) is 8.15. The first-order chi connectivity index (χ1) is 19.4. The molecular weight excluding hydrogens is 544 g/mol. The lowest BCUT2D eigenvalue weighted by Crippen LogP contribution is -2.19. The highest BCUT2D eigenvalue weighted by molar-refractivity contribution is 8.00. The lowest BCUT2D eigenvalue weighted by Gasteiger charge is -2.18. The summed E-state index contributed by atoms with van der Waals surface area (Å²) in [6.07, 6.45) is 0. The summed E-state index contributed by atoms with van der Waals surface area (Å²) in [5.41, 5.74) is 2.19. The van der Waals surface area contributed by atoms with E-state index in [-0.39, 0.29) is 28.1 Å². The number of carbonyl (C=O) groups excluding carboxylic acids is 2. The molecule has 0 fully saturated rings. The number of rotatable bonds is 8. The average Bonchev–Trinajstić information content (AvgIpc) is 2.97. The number of nitrogens with one attached hydrogen (secondary N) is 2. The van der Waals surface area contributed by atoms with Crippen LogP contribution in [0.2, 0.25) is 5.02 Å². The summed E-state index contributed by atoms with van der Waals surface area (Å²) in [4.78, 5) is 38.5. The largest absolute Gasteiger partial charge is 0.478 e. The van der Waals surface area contributed by atoms with Crippen molar-refractivity contribution in [2.24, 2.45) is 0 Å². The molecule has 0 aromatic heterocycles. The minimum Gasteiger partial charge on any atom is -0.478 e. The van der Waals surface area contributed by atoms with E-state index in [4.69, 9.17) is 11.6 Å². The van der Waals surface area contributed by atoms with E-state index in [0.717, 1.165) is 21.2 Å². The minimum atomic E-state index is -1.12. The minimum absolute atomic E-state index is 0.0185. The zero-order chi connectivity index (χ0) is 28.1. The van der Waals surface area contributed by atoms with Crippen molar-refractivity contribution in [2.75, 3.05) is 10.6 Å². The topological polar surface area (TPSA) is 95.5 Å². The second kappa shape index (κ2) is 12.1. The number of halogens is 1. The molecular formula is C32H23ClN2O4S. The van der Waals surface area contributed by atoms with Crippen LogP contribution in [0.3, 0.4) is 0 Å². The van der Waals surface area contributed by atoms with Crippen molar-refractivity contribution in [3.63, 3.8) is 0 Å². The highest BCUT2D eigenvalue weighted by Crippen LogP contribution is 2.37. The monoisotopic (exact) mass is 566 g/mol. The number of carboxylic acids is 1. The third-order valence-electron chi connectivity index (χ3n) is 6.19. The molecule has 5 aromatic rings. The molecule has 1 atom stereocenters. The Hall–Kier alpha value is -4.59. The van der Waals surface area contributed by atoms with E-state index in [1.165, 1.54) is 30.0 Å². The van der Waals surface area contributed by atoms with Crippen molar-refractivity contribution in [3.05, 3.63) is 137 Å². The van der Waals surface area contributed by atoms with Gasteiger partial charge in [0, 0.05) is 16.1 Å². The van der Waals surface area contributed by atoms with Crippen LogP contribution in [-0.4, -0.2) is 22.9 Å². The number of aromatic carboxylic acids is 1. The third-order valence-corrected chi connectivity index (χ3v) is 7.79. The number of benzene rings is 5. The van der Waals surface area contributed by atoms with Crippen LogP contribution in [0.5, 0.6) is 0 Å². The number of amides is 2. The highest BCUT2D eigenvalue weighted by atomic mass is 35.5. The smallest absolute Gasteiger partial charge is 0.335 e. The molecule has 0 heterocycles. The van der Waals surface area contributed by atoms with Crippen molar-refractivity contribution in [1.29, 1.82) is 0 Å². The normalized spacial score (nSPS) is 11.5. The molecule has 5 aromatic carbocycles. The number of fused-ring (bicyclic) bond motifs is 1. The van der Waals surface area contributed by atoms with E-state index in [1.807, 2.05) is 78.9 Å². The molecule has 5 rings (SSSR count). The molecule has 0 aliphatic carbocycles. The fourth-order valence-electron chi connectivity index (χ4n) is 4.14. The van der Waals surface area contributed by atoms with Crippen molar-refractivity contribution in [2.45, 2.75) is 10.1 Å². The molecule has 40 heavy (non-hydrogen) atoms. The van der Waals surface area contributed by atoms with Gasteiger partial charge in [0.05, 0.1) is 16.3 Å². The fraction of sp³-hybridized carbons (Fsp3) is 0.0312. The molecule has 0 bridgehead atoms. The van der Waals surface area contributed by atoms with Crippen molar-refractivity contribution < 1.29 is 19.5 Å². The summed E-state index contributed by atoms with van der Waals surface area (Å²) < 4.78 is 0. The van der Waals surface area contributed by atoms with E-state index in [9.17, 15) is 19.5 Å². The van der Waals surface area contributed by atoms with Gasteiger partial charge in [-0.3, -0.25) is 9.59 Å². The highest BCUT2D eigenvalue weighted by Gasteiger charge is 2.23. The van der Waals surface area contributed by atoms with Gasteiger partial charge in [-0.15, -0.1) is 11.8 Å². The van der Waals surface area contributed by atoms with Crippen LogP contribution in [0.25, 0.3) is 10.8 Å². The molecule has 2 amide bonds. The molecule has 0 aliphatic rings. The van der Waals surface area contributed by atoms with Crippen LogP contribution >= 0.6 is 23.4 Å². The number of hydrogen-bond donors (Lipinski definition) is 3. The first-order valence-electron chi connectivity index (χ1n) is 12.3. The second-order valence-corrected chi connectivity index (χ2v) is 10.5. The summed E-state index contributed by atoms with van der Waals surface area (Å²) in [5.74, 6) is -1.68. The number of thioether (sulfide) groups is 1. The quantitative estimate of drug-likeness (QED) is 0.166. The summed E-state index contributed by atoms with van der Waals surface area (Å²) in [7, 11) is 0. The molecule has 0 radical (unpaired) electrons. The molecule has 0 aliphatic heterocycles. The maximum absolute atomic E-state index is 13.4. The lowest BCUT2D eigenvalue weighted by atomic mass is 10.1. The van der Waals surface area contributed by atoms with Gasteiger partial charge >= 0.3 is 5.97 Å². The van der Waals surface area contributed by atoms with Gasteiger partial charge in [0.1, 0.15) is 5.25 Å². The number of carboxylic acid groups (broad SMARTS) is 1. The zero-order valence-corrected chi connectivity index (χ0v) is 22.6. The summed E-state index contributed by atoms with van der Waals surface area (Å²) in [5, 5.41) is 16.7. The number of carbonyl (C=O) groups is 3. The van der Waals surface area contributed by atoms with Crippen molar-refractivity contribution in [3.8, 4) is 0 Å². The zero-order valence-electron chi connectivity index (χ0n) is 21.0. The average molecular weight is 567 g/mol. The van der Waals surface area contributed by atoms with Gasteiger partial charge < -0.3 is 15.7 Å². The van der Waals surface area contributed by atoms with E-state index in [2.05, 4.69) is 10.6 Å². The first kappa shape index (κ1) is 27.0.